The lowest BCUT2D eigenvalue weighted by molar-refractivity contribution is -0.121. The molecule has 0 aromatic heterocycles. The Hall–Kier alpha value is -1.58. The fraction of sp³-hybridized carbons (Fsp3) is 0.500. The number of fused-ring (bicyclic) bond motifs is 1. The van der Waals surface area contributed by atoms with Gasteiger partial charge in [-0.15, -0.1) is 0 Å². The molecule has 0 unspecified atom stereocenters. The van der Waals surface area contributed by atoms with Gasteiger partial charge in [-0.1, -0.05) is 11.8 Å². The van der Waals surface area contributed by atoms with Gasteiger partial charge in [0.05, 0.1) is 24.2 Å². The van der Waals surface area contributed by atoms with Crippen LogP contribution in [0, 0.1) is 0 Å². The molecule has 1 amide bonds. The molecule has 0 N–H and O–H groups in total. The van der Waals surface area contributed by atoms with Crippen molar-refractivity contribution in [1.82, 2.24) is 0 Å². The van der Waals surface area contributed by atoms with Crippen molar-refractivity contribution in [2.75, 3.05) is 36.7 Å². The fourth-order valence-electron chi connectivity index (χ4n) is 3.00. The maximum atomic E-state index is 12.0. The van der Waals surface area contributed by atoms with E-state index < -0.39 is 9.84 Å². The van der Waals surface area contributed by atoms with Crippen molar-refractivity contribution >= 4 is 38.4 Å². The van der Waals surface area contributed by atoms with Crippen molar-refractivity contribution in [1.29, 1.82) is 0 Å². The largest absolute Gasteiger partial charge is 0.494 e. The first kappa shape index (κ1) is 18.2. The number of anilines is 1. The number of carbonyl (C=O) groups excluding carboxylic acids is 1. The molecule has 2 saturated heterocycles. The lowest BCUT2D eigenvalue weighted by Gasteiger charge is -2.24. The van der Waals surface area contributed by atoms with E-state index in [4.69, 9.17) is 9.47 Å². The minimum absolute atomic E-state index is 0.0648. The summed E-state index contributed by atoms with van der Waals surface area (Å²) in [4.78, 5) is 17.8. The van der Waals surface area contributed by atoms with Crippen molar-refractivity contribution in [3.05, 3.63) is 24.3 Å². The van der Waals surface area contributed by atoms with E-state index in [0.717, 1.165) is 11.4 Å². The van der Waals surface area contributed by atoms with Crippen LogP contribution in [0.5, 0.6) is 5.75 Å². The number of sulfone groups is 1. The monoisotopic (exact) mass is 384 g/mol. The highest BCUT2D eigenvalue weighted by atomic mass is 32.2. The zero-order valence-corrected chi connectivity index (χ0v) is 15.7. The van der Waals surface area contributed by atoms with Gasteiger partial charge in [-0.25, -0.2) is 8.42 Å². The molecule has 1 aromatic rings. The fourth-order valence-corrected chi connectivity index (χ4v) is 6.93. The predicted octanol–water partition coefficient (Wildman–Crippen LogP) is 1.33. The third kappa shape index (κ3) is 3.99. The predicted molar refractivity (Wildman–Crippen MR) is 98.2 cm³/mol. The summed E-state index contributed by atoms with van der Waals surface area (Å²) in [6.45, 7) is 2.38. The van der Waals surface area contributed by atoms with Crippen LogP contribution in [0.25, 0.3) is 0 Å². The first-order valence-corrected chi connectivity index (χ1v) is 10.6. The highest BCUT2D eigenvalue weighted by molar-refractivity contribution is 8.16. The Kier molecular flexibility index (Phi) is 5.35. The van der Waals surface area contributed by atoms with Crippen LogP contribution in [-0.4, -0.2) is 62.6 Å². The Bertz CT molecular complexity index is 776. The number of thioether (sulfide) groups is 1. The number of hydrogen-bond donors (Lipinski definition) is 0. The van der Waals surface area contributed by atoms with E-state index in [-0.39, 0.29) is 35.3 Å². The molecule has 0 saturated carbocycles. The Labute approximate surface area is 151 Å². The van der Waals surface area contributed by atoms with Crippen molar-refractivity contribution in [3.63, 3.8) is 0 Å². The number of aliphatic imine (C=N–C) groups is 1. The molecule has 0 bridgehead atoms. The van der Waals surface area contributed by atoms with Crippen LogP contribution < -0.4 is 9.64 Å². The summed E-state index contributed by atoms with van der Waals surface area (Å²) in [6, 6.07) is 7.15. The van der Waals surface area contributed by atoms with E-state index in [1.54, 1.807) is 0 Å². The van der Waals surface area contributed by atoms with Crippen LogP contribution in [-0.2, 0) is 19.4 Å². The molecule has 2 heterocycles. The SMILES string of the molecule is CCOc1ccc(N2C(=NC(=O)COC)S[C@H]3CS(=O)(=O)C[C@@H]32)cc1. The second-order valence-electron chi connectivity index (χ2n) is 5.82. The summed E-state index contributed by atoms with van der Waals surface area (Å²) in [7, 11) is -1.64. The molecule has 0 aliphatic carbocycles. The zero-order chi connectivity index (χ0) is 18.0. The maximum absolute atomic E-state index is 12.0. The number of rotatable bonds is 5. The van der Waals surface area contributed by atoms with E-state index in [1.807, 2.05) is 36.1 Å². The summed E-state index contributed by atoms with van der Waals surface area (Å²) >= 11 is 1.34. The van der Waals surface area contributed by atoms with Crippen LogP contribution in [0.4, 0.5) is 5.69 Å². The van der Waals surface area contributed by atoms with Gasteiger partial charge in [0.2, 0.25) is 0 Å². The number of ether oxygens (including phenoxy) is 2. The number of nitrogens with zero attached hydrogens (tertiary/aromatic N) is 2. The van der Waals surface area contributed by atoms with E-state index in [9.17, 15) is 13.2 Å². The average molecular weight is 384 g/mol. The zero-order valence-electron chi connectivity index (χ0n) is 14.0. The van der Waals surface area contributed by atoms with Gasteiger partial charge in [0.15, 0.2) is 15.0 Å². The summed E-state index contributed by atoms with van der Waals surface area (Å²) in [5.41, 5.74) is 0.796. The molecule has 3 rings (SSSR count). The smallest absolute Gasteiger partial charge is 0.274 e. The summed E-state index contributed by atoms with van der Waals surface area (Å²) in [5.74, 6) is 0.523. The molecule has 2 atom stereocenters. The van der Waals surface area contributed by atoms with Crippen molar-refractivity contribution in [3.8, 4) is 5.75 Å². The molecule has 2 fully saturated rings. The van der Waals surface area contributed by atoms with Crippen molar-refractivity contribution in [2.24, 2.45) is 4.99 Å². The highest BCUT2D eigenvalue weighted by Gasteiger charge is 2.49. The quantitative estimate of drug-likeness (QED) is 0.757. The maximum Gasteiger partial charge on any atom is 0.274 e. The van der Waals surface area contributed by atoms with Gasteiger partial charge in [-0.3, -0.25) is 4.79 Å². The third-order valence-corrected chi connectivity index (χ3v) is 7.19. The molecule has 136 valence electrons. The van der Waals surface area contributed by atoms with E-state index >= 15 is 0 Å². The number of hydrogen-bond acceptors (Lipinski definition) is 6. The van der Waals surface area contributed by atoms with E-state index in [2.05, 4.69) is 4.99 Å². The van der Waals surface area contributed by atoms with Crippen LogP contribution in [0.2, 0.25) is 0 Å². The van der Waals surface area contributed by atoms with Gasteiger partial charge in [0.25, 0.3) is 5.91 Å². The Balaban J connectivity index is 1.93. The van der Waals surface area contributed by atoms with Gasteiger partial charge in [0, 0.05) is 18.0 Å². The van der Waals surface area contributed by atoms with Crippen molar-refractivity contribution in [2.45, 2.75) is 18.2 Å². The second-order valence-corrected chi connectivity index (χ2v) is 9.18. The highest BCUT2D eigenvalue weighted by Crippen LogP contribution is 2.41. The lowest BCUT2D eigenvalue weighted by atomic mass is 10.2. The minimum atomic E-state index is -3.08. The molecular weight excluding hydrogens is 364 g/mol. The molecular formula is C16H20N2O5S2. The third-order valence-electron chi connectivity index (χ3n) is 3.98. The molecule has 25 heavy (non-hydrogen) atoms. The normalized spacial score (nSPS) is 26.0. The Morgan fingerprint density at radius 2 is 2.04 bits per heavy atom. The first-order valence-electron chi connectivity index (χ1n) is 7.93. The van der Waals surface area contributed by atoms with Gasteiger partial charge < -0.3 is 14.4 Å². The van der Waals surface area contributed by atoms with Crippen LogP contribution in [0.1, 0.15) is 6.92 Å². The van der Waals surface area contributed by atoms with Gasteiger partial charge in [0.1, 0.15) is 12.4 Å². The summed E-state index contributed by atoms with van der Waals surface area (Å²) in [6.07, 6.45) is 0. The number of benzene rings is 1. The Morgan fingerprint density at radius 3 is 2.68 bits per heavy atom. The molecule has 0 spiro atoms. The molecule has 2 aliphatic heterocycles. The van der Waals surface area contributed by atoms with E-state index in [0.29, 0.717) is 11.8 Å². The standard InChI is InChI=1S/C16H20N2O5S2/c1-3-23-12-6-4-11(5-7-12)18-13-9-25(20,21)10-14(13)24-16(18)17-15(19)8-22-2/h4-7,13-14H,3,8-10H2,1-2H3/t13-,14-/m0/s1. The number of amides is 1. The van der Waals surface area contributed by atoms with Crippen LogP contribution in [0.3, 0.4) is 0 Å². The number of carbonyl (C=O) groups is 1. The number of amidine groups is 1. The summed E-state index contributed by atoms with van der Waals surface area (Å²) < 4.78 is 34.3. The lowest BCUT2D eigenvalue weighted by Crippen LogP contribution is -2.37. The van der Waals surface area contributed by atoms with Gasteiger partial charge in [-0.05, 0) is 31.2 Å². The van der Waals surface area contributed by atoms with Gasteiger partial charge in [-0.2, -0.15) is 4.99 Å². The second kappa shape index (κ2) is 7.35. The first-order chi connectivity index (χ1) is 11.9. The van der Waals surface area contributed by atoms with Crippen LogP contribution >= 0.6 is 11.8 Å². The molecule has 9 heteroatoms. The molecule has 0 radical (unpaired) electrons. The summed E-state index contributed by atoms with van der Waals surface area (Å²) in [5, 5.41) is 0.404. The molecule has 1 aromatic carbocycles. The minimum Gasteiger partial charge on any atom is -0.494 e. The topological polar surface area (TPSA) is 85.3 Å². The van der Waals surface area contributed by atoms with Crippen molar-refractivity contribution < 1.29 is 22.7 Å². The van der Waals surface area contributed by atoms with Crippen LogP contribution in [0.15, 0.2) is 29.3 Å². The molecule has 2 aliphatic rings. The van der Waals surface area contributed by atoms with E-state index in [1.165, 1.54) is 18.9 Å². The molecule has 7 nitrogen and oxygen atoms in total. The van der Waals surface area contributed by atoms with Gasteiger partial charge >= 0.3 is 0 Å². The Morgan fingerprint density at radius 1 is 1.32 bits per heavy atom. The average Bonchev–Trinajstić information content (AvgIpc) is 3.00. The number of methoxy groups -OCH3 is 1.